The van der Waals surface area contributed by atoms with E-state index in [4.69, 9.17) is 5.73 Å². The highest BCUT2D eigenvalue weighted by Crippen LogP contribution is 2.46. The molecule has 1 aromatic rings. The first kappa shape index (κ1) is 13.6. The third-order valence-electron chi connectivity index (χ3n) is 5.07. The summed E-state index contributed by atoms with van der Waals surface area (Å²) in [6, 6.07) is 10.5. The van der Waals surface area contributed by atoms with Gasteiger partial charge in [-0.3, -0.25) is 4.79 Å². The van der Waals surface area contributed by atoms with Crippen molar-refractivity contribution >= 4 is 5.91 Å². The van der Waals surface area contributed by atoms with Gasteiger partial charge < -0.3 is 10.6 Å². The Morgan fingerprint density at radius 2 is 2.05 bits per heavy atom. The average Bonchev–Trinajstić information content (AvgIpc) is 2.93. The van der Waals surface area contributed by atoms with E-state index in [9.17, 15) is 4.79 Å². The van der Waals surface area contributed by atoms with Crippen LogP contribution in [-0.4, -0.2) is 30.4 Å². The van der Waals surface area contributed by atoms with Crippen LogP contribution in [0.4, 0.5) is 0 Å². The van der Waals surface area contributed by atoms with Gasteiger partial charge in [0.15, 0.2) is 0 Å². The van der Waals surface area contributed by atoms with Gasteiger partial charge in [-0.1, -0.05) is 37.3 Å². The van der Waals surface area contributed by atoms with Gasteiger partial charge in [0.05, 0.1) is 5.41 Å². The zero-order valence-corrected chi connectivity index (χ0v) is 12.2. The van der Waals surface area contributed by atoms with Crippen molar-refractivity contribution in [3.63, 3.8) is 0 Å². The van der Waals surface area contributed by atoms with Crippen LogP contribution in [0.5, 0.6) is 0 Å². The third kappa shape index (κ3) is 2.24. The predicted molar refractivity (Wildman–Crippen MR) is 80.3 cm³/mol. The molecule has 0 radical (unpaired) electrons. The van der Waals surface area contributed by atoms with E-state index in [0.717, 1.165) is 32.4 Å². The summed E-state index contributed by atoms with van der Waals surface area (Å²) in [5.41, 5.74) is 7.01. The minimum absolute atomic E-state index is 0.245. The minimum atomic E-state index is -0.245. The molecule has 1 heterocycles. The number of hydrogen-bond donors (Lipinski definition) is 1. The summed E-state index contributed by atoms with van der Waals surface area (Å²) < 4.78 is 0. The molecular weight excluding hydrogens is 248 g/mol. The number of nitrogens with two attached hydrogens (primary N) is 1. The Morgan fingerprint density at radius 1 is 1.35 bits per heavy atom. The molecule has 3 heteroatoms. The summed E-state index contributed by atoms with van der Waals surface area (Å²) in [4.78, 5) is 14.8. The van der Waals surface area contributed by atoms with Gasteiger partial charge in [0.25, 0.3) is 0 Å². The van der Waals surface area contributed by atoms with Gasteiger partial charge in [-0.25, -0.2) is 0 Å². The Balaban J connectivity index is 1.67. The molecule has 1 amide bonds. The van der Waals surface area contributed by atoms with Crippen LogP contribution < -0.4 is 5.73 Å². The zero-order chi connectivity index (χ0) is 14.2. The first-order chi connectivity index (χ1) is 9.64. The second-order valence-electron chi connectivity index (χ2n) is 6.65. The fourth-order valence-electron chi connectivity index (χ4n) is 3.98. The van der Waals surface area contributed by atoms with Crippen LogP contribution in [0.2, 0.25) is 0 Å². The van der Waals surface area contributed by atoms with Crippen molar-refractivity contribution in [1.82, 2.24) is 4.90 Å². The highest BCUT2D eigenvalue weighted by molar-refractivity contribution is 5.84. The van der Waals surface area contributed by atoms with E-state index < -0.39 is 0 Å². The van der Waals surface area contributed by atoms with Crippen LogP contribution in [0, 0.1) is 11.3 Å². The SMILES string of the molecule is CC1CC(CN)(C(=O)N2CCC(c3ccccc3)C2)C1. The molecule has 2 aliphatic rings. The van der Waals surface area contributed by atoms with E-state index in [-0.39, 0.29) is 5.41 Å². The van der Waals surface area contributed by atoms with Crippen molar-refractivity contribution in [2.75, 3.05) is 19.6 Å². The molecule has 2 N–H and O–H groups in total. The average molecular weight is 272 g/mol. The van der Waals surface area contributed by atoms with Gasteiger partial charge >= 0.3 is 0 Å². The molecule has 1 saturated heterocycles. The predicted octanol–water partition coefficient (Wildman–Crippen LogP) is 2.38. The van der Waals surface area contributed by atoms with Crippen molar-refractivity contribution in [3.05, 3.63) is 35.9 Å². The Morgan fingerprint density at radius 3 is 2.65 bits per heavy atom. The van der Waals surface area contributed by atoms with E-state index in [1.807, 2.05) is 6.07 Å². The quantitative estimate of drug-likeness (QED) is 0.918. The monoisotopic (exact) mass is 272 g/mol. The van der Waals surface area contributed by atoms with Crippen LogP contribution >= 0.6 is 0 Å². The number of carbonyl (C=O) groups excluding carboxylic acids is 1. The summed E-state index contributed by atoms with van der Waals surface area (Å²) in [7, 11) is 0. The molecule has 3 rings (SSSR count). The van der Waals surface area contributed by atoms with Crippen LogP contribution in [0.25, 0.3) is 0 Å². The maximum absolute atomic E-state index is 12.7. The summed E-state index contributed by atoms with van der Waals surface area (Å²) in [5.74, 6) is 1.44. The van der Waals surface area contributed by atoms with Crippen molar-refractivity contribution < 1.29 is 4.79 Å². The molecule has 108 valence electrons. The highest BCUT2D eigenvalue weighted by atomic mass is 16.2. The van der Waals surface area contributed by atoms with Crippen molar-refractivity contribution in [2.45, 2.75) is 32.1 Å². The molecule has 1 aromatic carbocycles. The number of nitrogens with zero attached hydrogens (tertiary/aromatic N) is 1. The molecule has 1 aliphatic carbocycles. The number of amides is 1. The molecule has 20 heavy (non-hydrogen) atoms. The fourth-order valence-corrected chi connectivity index (χ4v) is 3.98. The van der Waals surface area contributed by atoms with Gasteiger partial charge in [-0.05, 0) is 30.7 Å². The number of hydrogen-bond acceptors (Lipinski definition) is 2. The van der Waals surface area contributed by atoms with Crippen molar-refractivity contribution in [1.29, 1.82) is 0 Å². The summed E-state index contributed by atoms with van der Waals surface area (Å²) in [6.07, 6.45) is 3.01. The minimum Gasteiger partial charge on any atom is -0.342 e. The largest absolute Gasteiger partial charge is 0.342 e. The fraction of sp³-hybridized carbons (Fsp3) is 0.588. The molecule has 0 spiro atoms. The van der Waals surface area contributed by atoms with Gasteiger partial charge in [0, 0.05) is 25.6 Å². The van der Waals surface area contributed by atoms with E-state index in [1.54, 1.807) is 0 Å². The Bertz CT molecular complexity index is 479. The second kappa shape index (κ2) is 5.21. The maximum Gasteiger partial charge on any atom is 0.230 e. The van der Waals surface area contributed by atoms with E-state index in [0.29, 0.717) is 24.3 Å². The van der Waals surface area contributed by atoms with Gasteiger partial charge in [0.2, 0.25) is 5.91 Å². The molecule has 3 nitrogen and oxygen atoms in total. The van der Waals surface area contributed by atoms with Gasteiger partial charge in [0.1, 0.15) is 0 Å². The standard InChI is InChI=1S/C17H24N2O/c1-13-9-17(10-13,12-18)16(20)19-8-7-15(11-19)14-5-3-2-4-6-14/h2-6,13,15H,7-12,18H2,1H3. The number of likely N-dealkylation sites (tertiary alicyclic amines) is 1. The number of rotatable bonds is 3. The first-order valence-corrected chi connectivity index (χ1v) is 7.69. The van der Waals surface area contributed by atoms with Crippen molar-refractivity contribution in [2.24, 2.45) is 17.1 Å². The number of carbonyl (C=O) groups is 1. The molecule has 1 saturated carbocycles. The van der Waals surface area contributed by atoms with Gasteiger partial charge in [-0.15, -0.1) is 0 Å². The lowest BCUT2D eigenvalue weighted by Crippen LogP contribution is -2.54. The van der Waals surface area contributed by atoms with Crippen molar-refractivity contribution in [3.8, 4) is 0 Å². The molecule has 0 bridgehead atoms. The second-order valence-corrected chi connectivity index (χ2v) is 6.65. The van der Waals surface area contributed by atoms with Crippen LogP contribution in [0.1, 0.15) is 37.7 Å². The molecule has 2 fully saturated rings. The normalized spacial score (nSPS) is 33.0. The lowest BCUT2D eigenvalue weighted by molar-refractivity contribution is -0.148. The summed E-state index contributed by atoms with van der Waals surface area (Å²) in [6.45, 7) is 4.45. The van der Waals surface area contributed by atoms with Crippen LogP contribution in [0.15, 0.2) is 30.3 Å². The topological polar surface area (TPSA) is 46.3 Å². The van der Waals surface area contributed by atoms with Crippen LogP contribution in [-0.2, 0) is 4.79 Å². The Kier molecular flexibility index (Phi) is 3.55. The Hall–Kier alpha value is -1.35. The Labute approximate surface area is 121 Å². The lowest BCUT2D eigenvalue weighted by Gasteiger charge is -2.46. The molecule has 1 atom stereocenters. The third-order valence-corrected chi connectivity index (χ3v) is 5.07. The van der Waals surface area contributed by atoms with E-state index in [1.165, 1.54) is 5.56 Å². The highest BCUT2D eigenvalue weighted by Gasteiger charge is 2.49. The molecule has 1 aliphatic heterocycles. The summed E-state index contributed by atoms with van der Waals surface area (Å²) in [5, 5.41) is 0. The number of benzene rings is 1. The first-order valence-electron chi connectivity index (χ1n) is 7.69. The maximum atomic E-state index is 12.7. The van der Waals surface area contributed by atoms with E-state index in [2.05, 4.69) is 36.1 Å². The molecule has 0 aromatic heterocycles. The van der Waals surface area contributed by atoms with Crippen LogP contribution in [0.3, 0.4) is 0 Å². The van der Waals surface area contributed by atoms with Gasteiger partial charge in [-0.2, -0.15) is 0 Å². The smallest absolute Gasteiger partial charge is 0.230 e. The summed E-state index contributed by atoms with van der Waals surface area (Å²) >= 11 is 0. The zero-order valence-electron chi connectivity index (χ0n) is 12.2. The van der Waals surface area contributed by atoms with E-state index >= 15 is 0 Å². The molecular formula is C17H24N2O. The molecule has 1 unspecified atom stereocenters. The lowest BCUT2D eigenvalue weighted by atomic mass is 9.62.